The van der Waals surface area contributed by atoms with E-state index in [0.29, 0.717) is 11.8 Å². The Kier molecular flexibility index (Phi) is 7.80. The van der Waals surface area contributed by atoms with Crippen molar-refractivity contribution in [2.24, 2.45) is 5.92 Å². The fourth-order valence-electron chi connectivity index (χ4n) is 7.53. The van der Waals surface area contributed by atoms with Crippen LogP contribution < -0.4 is 0 Å². The van der Waals surface area contributed by atoms with Gasteiger partial charge in [0.1, 0.15) is 0 Å². The highest BCUT2D eigenvalue weighted by atomic mass is 14.8. The maximum atomic E-state index is 5.42. The summed E-state index contributed by atoms with van der Waals surface area (Å²) >= 11 is 0. The average Bonchev–Trinajstić information content (AvgIpc) is 3.15. The normalized spacial score (nSPS) is 15.9. The fraction of sp³-hybridized carbons (Fsp3) is 0.149. The molecular formula is C47H40N2. The molecule has 0 radical (unpaired) electrons. The smallest absolute Gasteiger partial charge is 0.0975 e. The van der Waals surface area contributed by atoms with E-state index in [2.05, 4.69) is 174 Å². The molecule has 0 saturated heterocycles. The van der Waals surface area contributed by atoms with Gasteiger partial charge in [-0.05, 0) is 89.8 Å². The van der Waals surface area contributed by atoms with Crippen molar-refractivity contribution in [2.75, 3.05) is 0 Å². The lowest BCUT2D eigenvalue weighted by Crippen LogP contribution is -2.09. The van der Waals surface area contributed by atoms with Gasteiger partial charge in [0.2, 0.25) is 0 Å². The lowest BCUT2D eigenvalue weighted by atomic mass is 9.80. The van der Waals surface area contributed by atoms with E-state index in [1.165, 1.54) is 50.1 Å². The summed E-state index contributed by atoms with van der Waals surface area (Å²) in [5, 5.41) is 2.32. The zero-order valence-electron chi connectivity index (χ0n) is 28.8. The molecule has 8 rings (SSSR count). The average molecular weight is 633 g/mol. The van der Waals surface area contributed by atoms with Crippen molar-refractivity contribution in [2.45, 2.75) is 40.5 Å². The Morgan fingerprint density at radius 3 is 1.57 bits per heavy atom. The van der Waals surface area contributed by atoms with E-state index < -0.39 is 0 Å². The van der Waals surface area contributed by atoms with Crippen LogP contribution in [0.1, 0.15) is 46.2 Å². The fourth-order valence-corrected chi connectivity index (χ4v) is 7.53. The highest BCUT2D eigenvalue weighted by Crippen LogP contribution is 2.39. The largest absolute Gasteiger partial charge is 0.245 e. The molecule has 1 aliphatic rings. The van der Waals surface area contributed by atoms with E-state index in [-0.39, 0.29) is 0 Å². The minimum atomic E-state index is 0.345. The van der Waals surface area contributed by atoms with Crippen molar-refractivity contribution >= 4 is 27.4 Å². The third-order valence-corrected chi connectivity index (χ3v) is 10.7. The number of aryl methyl sites for hydroxylation is 2. The summed E-state index contributed by atoms with van der Waals surface area (Å²) in [5.41, 5.74) is 17.5. The Morgan fingerprint density at radius 1 is 0.469 bits per heavy atom. The third kappa shape index (κ3) is 5.48. The molecular weight excluding hydrogens is 593 g/mol. The summed E-state index contributed by atoms with van der Waals surface area (Å²) in [7, 11) is 0. The van der Waals surface area contributed by atoms with Crippen molar-refractivity contribution in [3.8, 4) is 33.6 Å². The quantitative estimate of drug-likeness (QED) is 0.176. The van der Waals surface area contributed by atoms with Crippen LogP contribution in [-0.4, -0.2) is 9.97 Å². The molecule has 2 unspecified atom stereocenters. The van der Waals surface area contributed by atoms with Crippen LogP contribution in [0.2, 0.25) is 0 Å². The summed E-state index contributed by atoms with van der Waals surface area (Å²) in [6.45, 7) is 11.1. The molecule has 238 valence electrons. The number of benzene rings is 5. The Labute approximate surface area is 289 Å². The predicted octanol–water partition coefficient (Wildman–Crippen LogP) is 12.4. The van der Waals surface area contributed by atoms with Crippen LogP contribution in [0.15, 0.2) is 140 Å². The van der Waals surface area contributed by atoms with Gasteiger partial charge in [-0.1, -0.05) is 140 Å². The van der Waals surface area contributed by atoms with Crippen LogP contribution >= 0.6 is 0 Å². The van der Waals surface area contributed by atoms with Crippen LogP contribution in [0.5, 0.6) is 0 Å². The van der Waals surface area contributed by atoms with Crippen LogP contribution in [0.3, 0.4) is 0 Å². The summed E-state index contributed by atoms with van der Waals surface area (Å²) in [5.74, 6) is 0.717. The molecule has 0 amide bonds. The molecule has 0 saturated carbocycles. The lowest BCUT2D eigenvalue weighted by Gasteiger charge is -2.24. The zero-order valence-corrected chi connectivity index (χ0v) is 28.8. The molecule has 0 N–H and O–H groups in total. The van der Waals surface area contributed by atoms with Gasteiger partial charge in [-0.15, -0.1) is 0 Å². The van der Waals surface area contributed by atoms with Gasteiger partial charge in [-0.25, -0.2) is 9.97 Å². The molecule has 0 spiro atoms. The maximum absolute atomic E-state index is 5.42. The number of fused-ring (bicyclic) bond motifs is 3. The standard InChI is InChI=1S/C47H40N2/c1-29-27-39(23-24-41(29)36-21-19-35(20-22-36)34-13-8-6-9-14-34)38-17-12-18-40(28-38)45-33(5)31(3)43-26-25-42-30(2)32(4)44(37-15-10-7-11-16-37)48-46(42)47(43)49-45/h6-29,41H,1-5H3. The van der Waals surface area contributed by atoms with Gasteiger partial charge in [0.05, 0.1) is 22.4 Å². The molecule has 0 aliphatic heterocycles. The summed E-state index contributed by atoms with van der Waals surface area (Å²) < 4.78 is 0. The Hall–Kier alpha value is -5.60. The summed E-state index contributed by atoms with van der Waals surface area (Å²) in [6.07, 6.45) is 7.10. The number of allylic oxidation sites excluding steroid dienone is 4. The minimum Gasteiger partial charge on any atom is -0.245 e. The second kappa shape index (κ2) is 12.5. The van der Waals surface area contributed by atoms with E-state index in [1.54, 1.807) is 0 Å². The number of aromatic nitrogens is 2. The molecule has 2 heterocycles. The Balaban J connectivity index is 1.16. The van der Waals surface area contributed by atoms with Crippen molar-refractivity contribution in [1.82, 2.24) is 9.97 Å². The monoisotopic (exact) mass is 632 g/mol. The van der Waals surface area contributed by atoms with Gasteiger partial charge in [0, 0.05) is 27.8 Å². The Bertz CT molecular complexity index is 2420. The van der Waals surface area contributed by atoms with E-state index in [9.17, 15) is 0 Å². The number of nitrogens with zero attached hydrogens (tertiary/aromatic N) is 2. The maximum Gasteiger partial charge on any atom is 0.0975 e. The van der Waals surface area contributed by atoms with Gasteiger partial charge in [0.25, 0.3) is 0 Å². The van der Waals surface area contributed by atoms with E-state index in [0.717, 1.165) is 44.3 Å². The predicted molar refractivity (Wildman–Crippen MR) is 208 cm³/mol. The highest BCUT2D eigenvalue weighted by molar-refractivity contribution is 6.07. The molecule has 5 aromatic carbocycles. The zero-order chi connectivity index (χ0) is 33.6. The molecule has 2 heteroatoms. The molecule has 2 atom stereocenters. The van der Waals surface area contributed by atoms with E-state index in [4.69, 9.17) is 9.97 Å². The second-order valence-electron chi connectivity index (χ2n) is 13.6. The summed E-state index contributed by atoms with van der Waals surface area (Å²) in [4.78, 5) is 10.7. The van der Waals surface area contributed by atoms with Crippen LogP contribution in [0.25, 0.3) is 61.0 Å². The van der Waals surface area contributed by atoms with Gasteiger partial charge in [-0.2, -0.15) is 0 Å². The molecule has 2 nitrogen and oxygen atoms in total. The van der Waals surface area contributed by atoms with E-state index >= 15 is 0 Å². The Morgan fingerprint density at radius 2 is 0.980 bits per heavy atom. The molecule has 7 aromatic rings. The third-order valence-electron chi connectivity index (χ3n) is 10.7. The van der Waals surface area contributed by atoms with Crippen LogP contribution in [0.4, 0.5) is 0 Å². The molecule has 1 aliphatic carbocycles. The van der Waals surface area contributed by atoms with Crippen LogP contribution in [-0.2, 0) is 0 Å². The van der Waals surface area contributed by atoms with E-state index in [1.807, 2.05) is 0 Å². The lowest BCUT2D eigenvalue weighted by molar-refractivity contribution is 0.638. The van der Waals surface area contributed by atoms with Crippen LogP contribution in [0, 0.1) is 33.6 Å². The van der Waals surface area contributed by atoms with Crippen molar-refractivity contribution in [3.05, 3.63) is 173 Å². The minimum absolute atomic E-state index is 0.345. The first-order valence-corrected chi connectivity index (χ1v) is 17.3. The van der Waals surface area contributed by atoms with Gasteiger partial charge in [0.15, 0.2) is 0 Å². The van der Waals surface area contributed by atoms with Gasteiger partial charge < -0.3 is 0 Å². The number of hydrogen-bond donors (Lipinski definition) is 0. The summed E-state index contributed by atoms with van der Waals surface area (Å²) in [6, 6.07) is 43.5. The number of rotatable bonds is 5. The highest BCUT2D eigenvalue weighted by Gasteiger charge is 2.21. The van der Waals surface area contributed by atoms with Crippen molar-refractivity contribution in [1.29, 1.82) is 0 Å². The molecule has 49 heavy (non-hydrogen) atoms. The SMILES string of the molecule is Cc1c(-c2ccccc2)nc2c(ccc3c(C)c(C)c(-c4cccc(C5=CC(C)C(c6ccc(-c7ccccc7)cc6)C=C5)c4)nc32)c1C. The molecule has 0 bridgehead atoms. The number of pyridine rings is 2. The first-order valence-electron chi connectivity index (χ1n) is 17.3. The first-order chi connectivity index (χ1) is 23.9. The van der Waals surface area contributed by atoms with Gasteiger partial charge in [-0.3, -0.25) is 0 Å². The van der Waals surface area contributed by atoms with Gasteiger partial charge >= 0.3 is 0 Å². The topological polar surface area (TPSA) is 25.8 Å². The second-order valence-corrected chi connectivity index (χ2v) is 13.6. The number of hydrogen-bond acceptors (Lipinski definition) is 2. The molecule has 2 aromatic heterocycles. The van der Waals surface area contributed by atoms with Crippen molar-refractivity contribution < 1.29 is 0 Å². The molecule has 0 fully saturated rings. The van der Waals surface area contributed by atoms with Crippen molar-refractivity contribution in [3.63, 3.8) is 0 Å². The first kappa shape index (κ1) is 30.7.